The Bertz CT molecular complexity index is 1390. The predicted octanol–water partition coefficient (Wildman–Crippen LogP) is 4.25. The number of hydrogen-bond acceptors (Lipinski definition) is 6. The van der Waals surface area contributed by atoms with Gasteiger partial charge in [-0.3, -0.25) is 24.0 Å². The second-order valence-electron chi connectivity index (χ2n) is 11.7. The Morgan fingerprint density at radius 2 is 1.85 bits per heavy atom. The summed E-state index contributed by atoms with van der Waals surface area (Å²) >= 11 is 0. The number of halogens is 3. The average Bonchev–Trinajstić information content (AvgIpc) is 3.48. The number of imide groups is 1. The summed E-state index contributed by atoms with van der Waals surface area (Å²) in [5, 5.41) is 10.4. The number of fused-ring (bicyclic) bond motifs is 1. The van der Waals surface area contributed by atoms with Crippen molar-refractivity contribution in [2.24, 2.45) is 5.41 Å². The number of nitrogens with one attached hydrogen (secondary N) is 2. The van der Waals surface area contributed by atoms with Gasteiger partial charge >= 0.3 is 6.18 Å². The first-order chi connectivity index (χ1) is 19.6. The van der Waals surface area contributed by atoms with E-state index in [9.17, 15) is 27.6 Å². The molecule has 3 fully saturated rings. The molecule has 1 aromatic heterocycles. The summed E-state index contributed by atoms with van der Waals surface area (Å²) in [6, 6.07) is 4.24. The molecule has 1 atom stereocenters. The van der Waals surface area contributed by atoms with Crippen molar-refractivity contribution in [1.29, 1.82) is 0 Å². The molecule has 2 aromatic rings. The fourth-order valence-electron chi connectivity index (χ4n) is 6.51. The SMILES string of the molecule is C=C1CCC(N2C(=O)c3cccc(NCc4cnn(C5CCN(CC6(C(F)(F)F)CCC6)CC5)c4)c3C2=O)C(=O)N1. The highest BCUT2D eigenvalue weighted by atomic mass is 19.4. The van der Waals surface area contributed by atoms with E-state index in [-0.39, 0.29) is 36.6 Å². The summed E-state index contributed by atoms with van der Waals surface area (Å²) in [6.45, 7) is 5.40. The van der Waals surface area contributed by atoms with Crippen molar-refractivity contribution in [3.05, 3.63) is 59.6 Å². The molecule has 1 aliphatic carbocycles. The van der Waals surface area contributed by atoms with Gasteiger partial charge in [0, 0.05) is 49.3 Å². The molecule has 9 nitrogen and oxygen atoms in total. The number of allylic oxidation sites excluding steroid dienone is 1. The fraction of sp³-hybridized carbons (Fsp3) is 0.517. The van der Waals surface area contributed by atoms with Gasteiger partial charge in [0.05, 0.1) is 28.8 Å². The largest absolute Gasteiger partial charge is 0.395 e. The molecule has 0 radical (unpaired) electrons. The lowest BCUT2D eigenvalue weighted by Crippen LogP contribution is -2.53. The maximum absolute atomic E-state index is 13.6. The van der Waals surface area contributed by atoms with Crippen molar-refractivity contribution in [2.75, 3.05) is 25.0 Å². The summed E-state index contributed by atoms with van der Waals surface area (Å²) in [5.41, 5.74) is 0.906. The van der Waals surface area contributed by atoms with E-state index in [2.05, 4.69) is 22.3 Å². The minimum absolute atomic E-state index is 0.0816. The summed E-state index contributed by atoms with van der Waals surface area (Å²) in [7, 11) is 0. The predicted molar refractivity (Wildman–Crippen MR) is 144 cm³/mol. The molecule has 1 unspecified atom stereocenters. The molecular weight excluding hydrogens is 537 g/mol. The zero-order valence-corrected chi connectivity index (χ0v) is 22.7. The van der Waals surface area contributed by atoms with Gasteiger partial charge in [-0.25, -0.2) is 0 Å². The van der Waals surface area contributed by atoms with Crippen LogP contribution in [0.25, 0.3) is 0 Å². The lowest BCUT2D eigenvalue weighted by Gasteiger charge is -2.47. The number of aromatic nitrogens is 2. The van der Waals surface area contributed by atoms with E-state index in [1.54, 1.807) is 24.4 Å². The van der Waals surface area contributed by atoms with Crippen LogP contribution in [0, 0.1) is 5.41 Å². The first-order valence-electron chi connectivity index (χ1n) is 14.1. The van der Waals surface area contributed by atoms with E-state index in [1.165, 1.54) is 0 Å². The molecule has 218 valence electrons. The van der Waals surface area contributed by atoms with Crippen molar-refractivity contribution >= 4 is 23.4 Å². The van der Waals surface area contributed by atoms with Gasteiger partial charge in [0.1, 0.15) is 6.04 Å². The maximum atomic E-state index is 13.6. The number of piperidine rings is 2. The number of carbonyl (C=O) groups is 3. The van der Waals surface area contributed by atoms with Crippen molar-refractivity contribution in [1.82, 2.24) is 24.9 Å². The van der Waals surface area contributed by atoms with Gasteiger partial charge in [0.15, 0.2) is 0 Å². The van der Waals surface area contributed by atoms with Gasteiger partial charge in [-0.15, -0.1) is 0 Å². The van der Waals surface area contributed by atoms with Gasteiger partial charge in [0.25, 0.3) is 11.8 Å². The molecule has 1 saturated carbocycles. The smallest absolute Gasteiger partial charge is 0.380 e. The standard InChI is InChI=1S/C29H33F3N6O3/c1-18-6-7-23(25(39)35-18)38-26(40)21-4-2-5-22(24(21)27(38)41)33-14-19-15-34-37(16-19)20-8-12-36(13-9-20)17-28(10-3-11-28)29(30,31)32/h2,4-5,15-16,20,23,33H,1,3,6-14,17H2,(H,35,39). The maximum Gasteiger partial charge on any atom is 0.395 e. The number of anilines is 1. The fourth-order valence-corrected chi connectivity index (χ4v) is 6.51. The van der Waals surface area contributed by atoms with E-state index < -0.39 is 35.4 Å². The molecule has 12 heteroatoms. The van der Waals surface area contributed by atoms with E-state index in [0.29, 0.717) is 50.3 Å². The Balaban J connectivity index is 1.07. The van der Waals surface area contributed by atoms with Crippen LogP contribution in [0.2, 0.25) is 0 Å². The van der Waals surface area contributed by atoms with Crippen LogP contribution in [-0.4, -0.2) is 69.2 Å². The Labute approximate surface area is 235 Å². The van der Waals surface area contributed by atoms with Gasteiger partial charge in [-0.1, -0.05) is 19.1 Å². The third-order valence-corrected chi connectivity index (χ3v) is 9.09. The topological polar surface area (TPSA) is 99.6 Å². The first-order valence-corrected chi connectivity index (χ1v) is 14.1. The molecule has 3 aliphatic heterocycles. The minimum atomic E-state index is -4.15. The average molecular weight is 571 g/mol. The number of likely N-dealkylation sites (tertiary alicyclic amines) is 1. The molecule has 2 N–H and O–H groups in total. The quantitative estimate of drug-likeness (QED) is 0.483. The Morgan fingerprint density at radius 1 is 1.10 bits per heavy atom. The van der Waals surface area contributed by atoms with Crippen molar-refractivity contribution in [2.45, 2.75) is 69.8 Å². The summed E-state index contributed by atoms with van der Waals surface area (Å²) in [5.74, 6) is -1.40. The highest BCUT2D eigenvalue weighted by molar-refractivity contribution is 6.25. The second kappa shape index (κ2) is 10.3. The Kier molecular flexibility index (Phi) is 6.91. The van der Waals surface area contributed by atoms with E-state index >= 15 is 0 Å². The Hall–Kier alpha value is -3.67. The van der Waals surface area contributed by atoms with Gasteiger partial charge in [-0.05, 0) is 50.7 Å². The summed E-state index contributed by atoms with van der Waals surface area (Å²) < 4.78 is 42.7. The molecule has 3 amide bonds. The zero-order chi connectivity index (χ0) is 28.9. The molecular formula is C29H33F3N6O3. The molecule has 6 rings (SSSR count). The molecule has 0 spiro atoms. The van der Waals surface area contributed by atoms with Crippen LogP contribution in [0.1, 0.15) is 77.3 Å². The summed E-state index contributed by atoms with van der Waals surface area (Å²) in [4.78, 5) is 42.0. The summed E-state index contributed by atoms with van der Waals surface area (Å²) in [6.07, 6.45) is 2.86. The zero-order valence-electron chi connectivity index (χ0n) is 22.7. The van der Waals surface area contributed by atoms with Gasteiger partial charge < -0.3 is 15.5 Å². The van der Waals surface area contributed by atoms with Crippen LogP contribution >= 0.6 is 0 Å². The lowest BCUT2D eigenvalue weighted by atomic mass is 9.67. The monoisotopic (exact) mass is 570 g/mol. The highest BCUT2D eigenvalue weighted by Crippen LogP contribution is 2.53. The third kappa shape index (κ3) is 4.92. The van der Waals surface area contributed by atoms with Crippen molar-refractivity contribution < 1.29 is 27.6 Å². The number of nitrogens with zero attached hydrogens (tertiary/aromatic N) is 4. The lowest BCUT2D eigenvalue weighted by molar-refractivity contribution is -0.256. The molecule has 4 heterocycles. The van der Waals surface area contributed by atoms with Crippen molar-refractivity contribution in [3.63, 3.8) is 0 Å². The van der Waals surface area contributed by atoms with Gasteiger partial charge in [-0.2, -0.15) is 18.3 Å². The number of amides is 3. The van der Waals surface area contributed by atoms with Gasteiger partial charge in [0.2, 0.25) is 5.91 Å². The molecule has 4 aliphatic rings. The minimum Gasteiger partial charge on any atom is -0.380 e. The number of benzene rings is 1. The highest BCUT2D eigenvalue weighted by Gasteiger charge is 2.58. The van der Waals surface area contributed by atoms with Crippen LogP contribution in [0.5, 0.6) is 0 Å². The molecule has 1 aromatic carbocycles. The second-order valence-corrected chi connectivity index (χ2v) is 11.7. The van der Waals surface area contributed by atoms with Crippen LogP contribution in [-0.2, 0) is 11.3 Å². The van der Waals surface area contributed by atoms with Crippen molar-refractivity contribution in [3.8, 4) is 0 Å². The first kappa shape index (κ1) is 27.5. The normalized spacial score (nSPS) is 23.4. The van der Waals surface area contributed by atoms with Crippen LogP contribution in [0.4, 0.5) is 18.9 Å². The number of hydrogen-bond donors (Lipinski definition) is 2. The van der Waals surface area contributed by atoms with Crippen LogP contribution in [0.15, 0.2) is 42.9 Å². The van der Waals surface area contributed by atoms with Crippen LogP contribution in [0.3, 0.4) is 0 Å². The van der Waals surface area contributed by atoms with Crippen LogP contribution < -0.4 is 10.6 Å². The number of rotatable bonds is 7. The molecule has 0 bridgehead atoms. The third-order valence-electron chi connectivity index (χ3n) is 9.09. The van der Waals surface area contributed by atoms with E-state index in [0.717, 1.165) is 23.3 Å². The van der Waals surface area contributed by atoms with E-state index in [1.807, 2.05) is 15.8 Å². The molecule has 2 saturated heterocycles. The van der Waals surface area contributed by atoms with E-state index in [4.69, 9.17) is 0 Å². The molecule has 41 heavy (non-hydrogen) atoms. The Morgan fingerprint density at radius 3 is 2.51 bits per heavy atom. The number of carbonyl (C=O) groups excluding carboxylic acids is 3. The number of alkyl halides is 3.